The van der Waals surface area contributed by atoms with Crippen LogP contribution in [0.15, 0.2) is 59.8 Å². The molecule has 164 valence electrons. The van der Waals surface area contributed by atoms with E-state index >= 15 is 0 Å². The number of halogens is 1. The Morgan fingerprint density at radius 3 is 2.29 bits per heavy atom. The molecule has 8 nitrogen and oxygen atoms in total. The quantitative estimate of drug-likeness (QED) is 0.440. The van der Waals surface area contributed by atoms with Crippen molar-refractivity contribution in [3.8, 4) is 0 Å². The summed E-state index contributed by atoms with van der Waals surface area (Å²) in [5.74, 6) is 0.883. The van der Waals surface area contributed by atoms with Crippen LogP contribution >= 0.6 is 11.6 Å². The van der Waals surface area contributed by atoms with Gasteiger partial charge in [0.05, 0.1) is 4.90 Å². The lowest BCUT2D eigenvalue weighted by Crippen LogP contribution is -2.30. The van der Waals surface area contributed by atoms with Gasteiger partial charge in [0.15, 0.2) is 11.6 Å². The molecule has 31 heavy (non-hydrogen) atoms. The summed E-state index contributed by atoms with van der Waals surface area (Å²) in [6.45, 7) is 4.91. The third-order valence-corrected chi connectivity index (χ3v) is 7.18. The summed E-state index contributed by atoms with van der Waals surface area (Å²) in [5.41, 5.74) is 8.14. The third kappa shape index (κ3) is 5.25. The largest absolute Gasteiger partial charge is 0.393 e. The van der Waals surface area contributed by atoms with Gasteiger partial charge in [-0.05, 0) is 35.9 Å². The van der Waals surface area contributed by atoms with E-state index in [9.17, 15) is 8.42 Å². The number of benzene rings is 2. The van der Waals surface area contributed by atoms with Crippen LogP contribution in [0.3, 0.4) is 0 Å². The molecule has 4 N–H and O–H groups in total. The number of anilines is 4. The Morgan fingerprint density at radius 2 is 1.65 bits per heavy atom. The predicted molar refractivity (Wildman–Crippen MR) is 125 cm³/mol. The summed E-state index contributed by atoms with van der Waals surface area (Å²) in [4.78, 5) is 8.62. The van der Waals surface area contributed by atoms with Gasteiger partial charge in [0, 0.05) is 30.3 Å². The zero-order valence-corrected chi connectivity index (χ0v) is 18.9. The summed E-state index contributed by atoms with van der Waals surface area (Å²) < 4.78 is 26.7. The lowest BCUT2D eigenvalue weighted by atomic mass is 10.2. The molecule has 0 aliphatic carbocycles. The van der Waals surface area contributed by atoms with Crippen molar-refractivity contribution in [2.24, 2.45) is 0 Å². The van der Waals surface area contributed by atoms with Crippen molar-refractivity contribution in [3.63, 3.8) is 0 Å². The highest BCUT2D eigenvalue weighted by Gasteiger charge is 2.21. The fourth-order valence-corrected chi connectivity index (χ4v) is 4.68. The second-order valence-electron chi connectivity index (χ2n) is 6.67. The number of nitrogens with two attached hydrogens (primary N) is 1. The van der Waals surface area contributed by atoms with E-state index in [1.165, 1.54) is 10.6 Å². The smallest absolute Gasteiger partial charge is 0.243 e. The minimum atomic E-state index is -3.51. The van der Waals surface area contributed by atoms with Gasteiger partial charge in [-0.2, -0.15) is 4.31 Å². The Labute approximate surface area is 187 Å². The van der Waals surface area contributed by atoms with E-state index in [0.717, 1.165) is 5.56 Å². The summed E-state index contributed by atoms with van der Waals surface area (Å²) in [5, 5.41) is 6.93. The van der Waals surface area contributed by atoms with Crippen LogP contribution in [-0.4, -0.2) is 35.8 Å². The first kappa shape index (κ1) is 22.8. The Balaban J connectivity index is 1.74. The van der Waals surface area contributed by atoms with Crippen molar-refractivity contribution in [1.82, 2.24) is 14.3 Å². The van der Waals surface area contributed by atoms with Crippen LogP contribution in [0.2, 0.25) is 5.02 Å². The van der Waals surface area contributed by atoms with Crippen LogP contribution < -0.4 is 16.4 Å². The number of hydrogen-bond acceptors (Lipinski definition) is 7. The van der Waals surface area contributed by atoms with Crippen LogP contribution in [0.4, 0.5) is 23.0 Å². The molecule has 0 atom stereocenters. The number of nitrogen functional groups attached to an aromatic ring is 1. The number of rotatable bonds is 9. The molecule has 0 bridgehead atoms. The van der Waals surface area contributed by atoms with E-state index in [0.29, 0.717) is 47.7 Å². The summed E-state index contributed by atoms with van der Waals surface area (Å²) >= 11 is 6.19. The maximum absolute atomic E-state index is 12.6. The van der Waals surface area contributed by atoms with E-state index in [2.05, 4.69) is 20.6 Å². The highest BCUT2D eigenvalue weighted by Crippen LogP contribution is 2.27. The van der Waals surface area contributed by atoms with Crippen molar-refractivity contribution in [1.29, 1.82) is 0 Å². The number of aromatic nitrogens is 2. The fraction of sp³-hybridized carbons (Fsp3) is 0.238. The molecule has 0 aliphatic rings. The van der Waals surface area contributed by atoms with Crippen molar-refractivity contribution in [3.05, 3.63) is 65.4 Å². The van der Waals surface area contributed by atoms with E-state index in [1.54, 1.807) is 24.3 Å². The third-order valence-electron chi connectivity index (χ3n) is 4.75. The Kier molecular flexibility index (Phi) is 7.32. The molecule has 0 radical (unpaired) electrons. The molecule has 0 saturated carbocycles. The van der Waals surface area contributed by atoms with Gasteiger partial charge in [-0.15, -0.1) is 0 Å². The fourth-order valence-electron chi connectivity index (χ4n) is 3.02. The molecule has 10 heteroatoms. The van der Waals surface area contributed by atoms with Crippen molar-refractivity contribution < 1.29 is 8.42 Å². The average molecular weight is 461 g/mol. The number of sulfonamides is 1. The number of nitrogens with one attached hydrogen (secondary N) is 2. The van der Waals surface area contributed by atoms with Gasteiger partial charge in [-0.3, -0.25) is 0 Å². The van der Waals surface area contributed by atoms with E-state index < -0.39 is 10.0 Å². The van der Waals surface area contributed by atoms with Crippen molar-refractivity contribution in [2.45, 2.75) is 25.3 Å². The van der Waals surface area contributed by atoms with Gasteiger partial charge in [-0.25, -0.2) is 18.4 Å². The maximum Gasteiger partial charge on any atom is 0.243 e. The van der Waals surface area contributed by atoms with E-state index in [-0.39, 0.29) is 4.90 Å². The Morgan fingerprint density at radius 1 is 1.00 bits per heavy atom. The van der Waals surface area contributed by atoms with E-state index in [1.807, 2.05) is 38.1 Å². The zero-order chi connectivity index (χ0) is 22.4. The normalized spacial score (nSPS) is 11.5. The molecule has 3 rings (SSSR count). The van der Waals surface area contributed by atoms with Crippen molar-refractivity contribution in [2.75, 3.05) is 29.5 Å². The lowest BCUT2D eigenvalue weighted by Gasteiger charge is -2.18. The van der Waals surface area contributed by atoms with Gasteiger partial charge in [0.1, 0.15) is 12.0 Å². The first-order valence-electron chi connectivity index (χ1n) is 9.81. The molecule has 0 saturated heterocycles. The van der Waals surface area contributed by atoms with Crippen LogP contribution in [0.25, 0.3) is 0 Å². The number of hydrogen-bond donors (Lipinski definition) is 3. The molecule has 0 spiro atoms. The molecule has 1 heterocycles. The van der Waals surface area contributed by atoms with Crippen LogP contribution in [0.5, 0.6) is 0 Å². The van der Waals surface area contributed by atoms with Gasteiger partial charge >= 0.3 is 0 Å². The van der Waals surface area contributed by atoms with Crippen molar-refractivity contribution >= 4 is 44.6 Å². The second-order valence-corrected chi connectivity index (χ2v) is 9.01. The Bertz CT molecular complexity index is 1130. The number of nitrogens with zero attached hydrogens (tertiary/aromatic N) is 3. The van der Waals surface area contributed by atoms with Gasteiger partial charge in [0.25, 0.3) is 0 Å². The highest BCUT2D eigenvalue weighted by molar-refractivity contribution is 7.89. The van der Waals surface area contributed by atoms with Crippen LogP contribution in [0, 0.1) is 0 Å². The first-order valence-corrected chi connectivity index (χ1v) is 11.6. The van der Waals surface area contributed by atoms with Gasteiger partial charge in [-0.1, -0.05) is 43.6 Å². The monoisotopic (exact) mass is 460 g/mol. The molecule has 0 unspecified atom stereocenters. The van der Waals surface area contributed by atoms with Crippen LogP contribution in [0.1, 0.15) is 19.4 Å². The standard InChI is InChI=1S/C21H25ClN6O2S/c1-3-28(4-2)31(29,30)17-11-9-16(10-12-17)27-21-19(23)20(25-14-26-21)24-13-15-7-5-6-8-18(15)22/h5-12,14H,3-4,13,23H2,1-2H3,(H2,24,25,26,27). The minimum Gasteiger partial charge on any atom is -0.393 e. The van der Waals surface area contributed by atoms with E-state index in [4.69, 9.17) is 17.3 Å². The maximum atomic E-state index is 12.6. The van der Waals surface area contributed by atoms with Crippen LogP contribution in [-0.2, 0) is 16.6 Å². The molecule has 0 amide bonds. The SMILES string of the molecule is CCN(CC)S(=O)(=O)c1ccc(Nc2ncnc(NCc3ccccc3Cl)c2N)cc1. The molecule has 3 aromatic rings. The Hall–Kier alpha value is -2.88. The predicted octanol–water partition coefficient (Wildman–Crippen LogP) is 4.10. The summed E-state index contributed by atoms with van der Waals surface area (Å²) in [6.07, 6.45) is 1.40. The highest BCUT2D eigenvalue weighted by atomic mass is 35.5. The second kappa shape index (κ2) is 9.95. The molecular formula is C21H25ClN6O2S. The minimum absolute atomic E-state index is 0.236. The first-order chi connectivity index (χ1) is 14.9. The molecular weight excluding hydrogens is 436 g/mol. The molecule has 1 aromatic heterocycles. The average Bonchev–Trinajstić information content (AvgIpc) is 2.76. The summed E-state index contributed by atoms with van der Waals surface area (Å²) in [6, 6.07) is 14.0. The molecule has 0 fully saturated rings. The van der Waals surface area contributed by atoms with Gasteiger partial charge < -0.3 is 16.4 Å². The lowest BCUT2D eigenvalue weighted by molar-refractivity contribution is 0.445. The topological polar surface area (TPSA) is 113 Å². The summed E-state index contributed by atoms with van der Waals surface area (Å²) in [7, 11) is -3.51. The molecule has 2 aromatic carbocycles. The zero-order valence-electron chi connectivity index (χ0n) is 17.3. The van der Waals surface area contributed by atoms with Gasteiger partial charge in [0.2, 0.25) is 10.0 Å². The molecule has 0 aliphatic heterocycles.